The number of carbonyl (C=O) groups is 1. The molecule has 0 saturated carbocycles. The van der Waals surface area contributed by atoms with E-state index >= 15 is 0 Å². The third kappa shape index (κ3) is 1.55. The fraction of sp³-hybridized carbons (Fsp3) is 0.231. The molecule has 0 fully saturated rings. The molecule has 0 amide bonds. The average molecular weight is 291 g/mol. The van der Waals surface area contributed by atoms with Crippen LogP contribution in [0.25, 0.3) is 10.9 Å². The normalized spacial score (nSPS) is 15.0. The highest BCUT2D eigenvalue weighted by molar-refractivity contribution is 9.10. The number of aryl methyl sites for hydroxylation is 1. The van der Waals surface area contributed by atoms with Crippen molar-refractivity contribution in [1.82, 2.24) is 4.98 Å². The van der Waals surface area contributed by atoms with E-state index in [1.54, 1.807) is 0 Å². The van der Waals surface area contributed by atoms with Crippen molar-refractivity contribution in [2.75, 3.05) is 5.73 Å². The largest absolute Gasteiger partial charge is 0.398 e. The second-order valence-electron chi connectivity index (χ2n) is 4.26. The quantitative estimate of drug-likeness (QED) is 0.811. The van der Waals surface area contributed by atoms with E-state index in [9.17, 15) is 4.79 Å². The van der Waals surface area contributed by atoms with Crippen LogP contribution in [0.1, 0.15) is 28.9 Å². The Hall–Kier alpha value is -1.42. The molecule has 0 unspecified atom stereocenters. The number of aromatic nitrogens is 1. The average Bonchev–Trinajstić information content (AvgIpc) is 2.31. The zero-order valence-electron chi connectivity index (χ0n) is 9.16. The molecule has 1 aliphatic rings. The predicted molar refractivity (Wildman–Crippen MR) is 71.1 cm³/mol. The Morgan fingerprint density at radius 1 is 1.29 bits per heavy atom. The lowest BCUT2D eigenvalue weighted by atomic mass is 9.92. The number of Topliss-reactive ketones (excluding diaryl/α,β-unsaturated/α-hetero) is 1. The van der Waals surface area contributed by atoms with Crippen LogP contribution in [0.4, 0.5) is 5.69 Å². The molecule has 1 aromatic heterocycles. The summed E-state index contributed by atoms with van der Waals surface area (Å²) in [5.41, 5.74) is 9.03. The first kappa shape index (κ1) is 10.7. The Bertz CT molecular complexity index is 637. The summed E-state index contributed by atoms with van der Waals surface area (Å²) in [7, 11) is 0. The van der Waals surface area contributed by atoms with Crippen LogP contribution < -0.4 is 5.73 Å². The van der Waals surface area contributed by atoms with Crippen molar-refractivity contribution in [3.8, 4) is 0 Å². The SMILES string of the molecule is Nc1c2c(nc3c(Br)cccc13)CCCC2=O. The number of nitrogen functional groups attached to an aromatic ring is 1. The van der Waals surface area contributed by atoms with Gasteiger partial charge in [0.15, 0.2) is 5.78 Å². The summed E-state index contributed by atoms with van der Waals surface area (Å²) in [5.74, 6) is 0.123. The van der Waals surface area contributed by atoms with Crippen molar-refractivity contribution in [1.29, 1.82) is 0 Å². The van der Waals surface area contributed by atoms with Crippen molar-refractivity contribution in [3.05, 3.63) is 33.9 Å². The molecule has 1 heterocycles. The van der Waals surface area contributed by atoms with E-state index in [2.05, 4.69) is 20.9 Å². The predicted octanol–water partition coefficient (Wildman–Crippen LogP) is 3.10. The van der Waals surface area contributed by atoms with E-state index in [4.69, 9.17) is 5.73 Å². The number of fused-ring (bicyclic) bond motifs is 2. The van der Waals surface area contributed by atoms with Crippen LogP contribution in [0.15, 0.2) is 22.7 Å². The van der Waals surface area contributed by atoms with Crippen LogP contribution in [0.3, 0.4) is 0 Å². The molecule has 0 aliphatic heterocycles. The van der Waals surface area contributed by atoms with Gasteiger partial charge in [-0.05, 0) is 34.8 Å². The lowest BCUT2D eigenvalue weighted by molar-refractivity contribution is 0.0973. The smallest absolute Gasteiger partial charge is 0.166 e. The molecule has 1 aliphatic carbocycles. The number of pyridine rings is 1. The van der Waals surface area contributed by atoms with E-state index < -0.39 is 0 Å². The third-order valence-corrected chi connectivity index (χ3v) is 3.82. The number of carbonyl (C=O) groups excluding carboxylic acids is 1. The van der Waals surface area contributed by atoms with Gasteiger partial charge in [0.1, 0.15) is 0 Å². The molecule has 0 radical (unpaired) electrons. The van der Waals surface area contributed by atoms with Gasteiger partial charge in [-0.25, -0.2) is 0 Å². The third-order valence-electron chi connectivity index (χ3n) is 3.18. The highest BCUT2D eigenvalue weighted by atomic mass is 79.9. The summed E-state index contributed by atoms with van der Waals surface area (Å²) in [4.78, 5) is 16.5. The first-order chi connectivity index (χ1) is 8.18. The molecule has 2 N–H and O–H groups in total. The highest BCUT2D eigenvalue weighted by Gasteiger charge is 2.23. The van der Waals surface area contributed by atoms with Gasteiger partial charge in [0.05, 0.1) is 22.5 Å². The number of nitrogens with two attached hydrogens (primary N) is 1. The van der Waals surface area contributed by atoms with E-state index in [1.165, 1.54) is 0 Å². The molecule has 17 heavy (non-hydrogen) atoms. The van der Waals surface area contributed by atoms with Gasteiger partial charge in [0.25, 0.3) is 0 Å². The summed E-state index contributed by atoms with van der Waals surface area (Å²) in [6.07, 6.45) is 2.29. The minimum absolute atomic E-state index is 0.123. The Balaban J connectivity index is 2.43. The molecule has 86 valence electrons. The summed E-state index contributed by atoms with van der Waals surface area (Å²) in [6.45, 7) is 0. The lowest BCUT2D eigenvalue weighted by Gasteiger charge is -2.17. The molecular weight excluding hydrogens is 280 g/mol. The minimum atomic E-state index is 0.123. The van der Waals surface area contributed by atoms with Gasteiger partial charge >= 0.3 is 0 Å². The van der Waals surface area contributed by atoms with E-state index in [0.717, 1.165) is 33.9 Å². The van der Waals surface area contributed by atoms with Crippen LogP contribution in [-0.4, -0.2) is 10.8 Å². The van der Waals surface area contributed by atoms with Gasteiger partial charge < -0.3 is 5.73 Å². The fourth-order valence-electron chi connectivity index (χ4n) is 2.36. The first-order valence-corrected chi connectivity index (χ1v) is 6.37. The van der Waals surface area contributed by atoms with Gasteiger partial charge in [0, 0.05) is 16.3 Å². The monoisotopic (exact) mass is 290 g/mol. The highest BCUT2D eigenvalue weighted by Crippen LogP contribution is 2.33. The number of ketones is 1. The zero-order chi connectivity index (χ0) is 12.0. The molecule has 0 saturated heterocycles. The number of nitrogens with zero attached hydrogens (tertiary/aromatic N) is 1. The fourth-order valence-corrected chi connectivity index (χ4v) is 2.82. The Labute approximate surface area is 107 Å². The van der Waals surface area contributed by atoms with Crippen LogP contribution in [-0.2, 0) is 6.42 Å². The van der Waals surface area contributed by atoms with Gasteiger partial charge in [-0.3, -0.25) is 9.78 Å². The number of anilines is 1. The number of halogens is 1. The van der Waals surface area contributed by atoms with Gasteiger partial charge in [0.2, 0.25) is 0 Å². The van der Waals surface area contributed by atoms with Crippen molar-refractivity contribution in [3.63, 3.8) is 0 Å². The van der Waals surface area contributed by atoms with Gasteiger partial charge in [-0.15, -0.1) is 0 Å². The van der Waals surface area contributed by atoms with Crippen LogP contribution in [0.5, 0.6) is 0 Å². The minimum Gasteiger partial charge on any atom is -0.398 e. The van der Waals surface area contributed by atoms with Gasteiger partial charge in [-0.1, -0.05) is 12.1 Å². The molecule has 4 heteroatoms. The number of rotatable bonds is 0. The maximum Gasteiger partial charge on any atom is 0.166 e. The molecule has 2 aromatic rings. The zero-order valence-corrected chi connectivity index (χ0v) is 10.8. The second kappa shape index (κ2) is 3.81. The van der Waals surface area contributed by atoms with Gasteiger partial charge in [-0.2, -0.15) is 0 Å². The summed E-state index contributed by atoms with van der Waals surface area (Å²) in [5, 5.41) is 0.855. The molecular formula is C13H11BrN2O. The van der Waals surface area contributed by atoms with Crippen molar-refractivity contribution in [2.24, 2.45) is 0 Å². The topological polar surface area (TPSA) is 56.0 Å². The molecule has 0 atom stereocenters. The molecule has 1 aromatic carbocycles. The standard InChI is InChI=1S/C13H11BrN2O/c14-8-4-1-3-7-12(15)11-9(16-13(7)8)5-2-6-10(11)17/h1,3-4H,2,5-6H2,(H2,15,16). The lowest BCUT2D eigenvalue weighted by Crippen LogP contribution is -2.15. The summed E-state index contributed by atoms with van der Waals surface area (Å²) >= 11 is 3.47. The number of benzene rings is 1. The Morgan fingerprint density at radius 2 is 2.12 bits per heavy atom. The van der Waals surface area contributed by atoms with E-state index in [1.807, 2.05) is 18.2 Å². The Morgan fingerprint density at radius 3 is 2.94 bits per heavy atom. The summed E-state index contributed by atoms with van der Waals surface area (Å²) < 4.78 is 0.919. The Kier molecular flexibility index (Phi) is 2.40. The van der Waals surface area contributed by atoms with Crippen LogP contribution in [0.2, 0.25) is 0 Å². The number of hydrogen-bond donors (Lipinski definition) is 1. The van der Waals surface area contributed by atoms with E-state index in [-0.39, 0.29) is 5.78 Å². The first-order valence-electron chi connectivity index (χ1n) is 5.58. The summed E-state index contributed by atoms with van der Waals surface area (Å²) in [6, 6.07) is 5.75. The van der Waals surface area contributed by atoms with Crippen LogP contribution >= 0.6 is 15.9 Å². The molecule has 0 bridgehead atoms. The second-order valence-corrected chi connectivity index (χ2v) is 5.11. The molecule has 0 spiro atoms. The maximum absolute atomic E-state index is 11.9. The van der Waals surface area contributed by atoms with Crippen molar-refractivity contribution < 1.29 is 4.79 Å². The van der Waals surface area contributed by atoms with E-state index in [0.29, 0.717) is 17.7 Å². The van der Waals surface area contributed by atoms with Crippen molar-refractivity contribution in [2.45, 2.75) is 19.3 Å². The molecule has 3 rings (SSSR count). The number of para-hydroxylation sites is 1. The van der Waals surface area contributed by atoms with Crippen molar-refractivity contribution >= 4 is 38.3 Å². The number of hydrogen-bond acceptors (Lipinski definition) is 3. The van der Waals surface area contributed by atoms with Crippen LogP contribution in [0, 0.1) is 0 Å². The molecule has 3 nitrogen and oxygen atoms in total. The maximum atomic E-state index is 11.9.